The van der Waals surface area contributed by atoms with E-state index in [4.69, 9.17) is 4.74 Å². The molecule has 1 heterocycles. The van der Waals surface area contributed by atoms with Gasteiger partial charge in [-0.3, -0.25) is 9.59 Å². The van der Waals surface area contributed by atoms with Crippen LogP contribution < -0.4 is 15.5 Å². The maximum absolute atomic E-state index is 12.8. The first kappa shape index (κ1) is 16.4. The Hall–Kier alpha value is -3.08. The van der Waals surface area contributed by atoms with Crippen molar-refractivity contribution in [1.82, 2.24) is 4.98 Å². The lowest BCUT2D eigenvalue weighted by Gasteiger charge is -2.10. The van der Waals surface area contributed by atoms with E-state index in [0.29, 0.717) is 28.8 Å². The fourth-order valence-corrected chi connectivity index (χ4v) is 3.51. The molecule has 4 rings (SSSR count). The monoisotopic (exact) mass is 348 g/mol. The maximum atomic E-state index is 12.8. The number of nitrogens with one attached hydrogen (secondary N) is 2. The number of fused-ring (bicyclic) bond motifs is 2. The second kappa shape index (κ2) is 6.67. The third-order valence-corrected chi connectivity index (χ3v) is 4.74. The van der Waals surface area contributed by atoms with Gasteiger partial charge >= 0.3 is 0 Å². The lowest BCUT2D eigenvalue weighted by molar-refractivity contribution is 0.102. The van der Waals surface area contributed by atoms with Crippen molar-refractivity contribution in [3.05, 3.63) is 69.5 Å². The molecule has 1 aliphatic carbocycles. The molecule has 0 fully saturated rings. The Bertz CT molecular complexity index is 1040. The van der Waals surface area contributed by atoms with E-state index in [-0.39, 0.29) is 11.3 Å². The van der Waals surface area contributed by atoms with Gasteiger partial charge in [-0.15, -0.1) is 0 Å². The number of ether oxygens (including phenoxy) is 1. The summed E-state index contributed by atoms with van der Waals surface area (Å²) >= 11 is 0. The number of hydrogen-bond acceptors (Lipinski definition) is 3. The molecule has 0 aliphatic heterocycles. The molecule has 5 nitrogen and oxygen atoms in total. The number of amides is 1. The van der Waals surface area contributed by atoms with Crippen molar-refractivity contribution in [2.75, 3.05) is 11.9 Å². The van der Waals surface area contributed by atoms with Gasteiger partial charge in [0.15, 0.2) is 5.43 Å². The number of pyridine rings is 1. The Kier molecular flexibility index (Phi) is 4.21. The summed E-state index contributed by atoms with van der Waals surface area (Å²) in [4.78, 5) is 28.8. The first-order chi connectivity index (χ1) is 12.7. The Labute approximate surface area is 151 Å². The normalized spacial score (nSPS) is 12.8. The molecule has 2 N–H and O–H groups in total. The van der Waals surface area contributed by atoms with E-state index < -0.39 is 0 Å². The summed E-state index contributed by atoms with van der Waals surface area (Å²) in [6.07, 6.45) is 2.64. The van der Waals surface area contributed by atoms with Crippen LogP contribution in [0.25, 0.3) is 10.9 Å². The molecule has 2 aromatic carbocycles. The molecule has 1 amide bonds. The molecular weight excluding hydrogens is 328 g/mol. The predicted molar refractivity (Wildman–Crippen MR) is 102 cm³/mol. The first-order valence-corrected chi connectivity index (χ1v) is 8.88. The fourth-order valence-electron chi connectivity index (χ4n) is 3.51. The summed E-state index contributed by atoms with van der Waals surface area (Å²) in [6, 6.07) is 12.5. The van der Waals surface area contributed by atoms with Crippen LogP contribution in [0.4, 0.5) is 5.69 Å². The number of para-hydroxylation sites is 1. The van der Waals surface area contributed by atoms with Crippen LogP contribution in [0.2, 0.25) is 0 Å². The van der Waals surface area contributed by atoms with Gasteiger partial charge in [0.2, 0.25) is 0 Å². The van der Waals surface area contributed by atoms with E-state index >= 15 is 0 Å². The summed E-state index contributed by atoms with van der Waals surface area (Å²) in [5, 5.41) is 3.46. The van der Waals surface area contributed by atoms with Crippen molar-refractivity contribution in [2.24, 2.45) is 0 Å². The molecule has 0 unspecified atom stereocenters. The fraction of sp³-hybridized carbons (Fsp3) is 0.238. The third-order valence-electron chi connectivity index (χ3n) is 4.74. The molecule has 0 atom stereocenters. The van der Waals surface area contributed by atoms with Crippen LogP contribution in [0, 0.1) is 0 Å². The van der Waals surface area contributed by atoms with Crippen molar-refractivity contribution >= 4 is 22.5 Å². The van der Waals surface area contributed by atoms with E-state index in [0.717, 1.165) is 36.3 Å². The van der Waals surface area contributed by atoms with Crippen LogP contribution in [-0.4, -0.2) is 17.5 Å². The highest BCUT2D eigenvalue weighted by Gasteiger charge is 2.20. The first-order valence-electron chi connectivity index (χ1n) is 8.88. The Morgan fingerprint density at radius 3 is 2.73 bits per heavy atom. The number of carbonyl (C=O) groups excluding carboxylic acids is 1. The van der Waals surface area contributed by atoms with Crippen LogP contribution in [-0.2, 0) is 12.8 Å². The quantitative estimate of drug-likeness (QED) is 0.756. The molecule has 1 aliphatic rings. The van der Waals surface area contributed by atoms with Crippen LogP contribution in [0.1, 0.15) is 35.0 Å². The van der Waals surface area contributed by atoms with E-state index in [1.807, 2.05) is 19.1 Å². The SMILES string of the molecule is CCOc1ccc(NC(=O)c2cccc3c(=O)c4c([nH]c23)CCC4)cc1. The Morgan fingerprint density at radius 1 is 1.15 bits per heavy atom. The second-order valence-electron chi connectivity index (χ2n) is 6.40. The smallest absolute Gasteiger partial charge is 0.257 e. The Balaban J connectivity index is 1.69. The van der Waals surface area contributed by atoms with Crippen molar-refractivity contribution in [3.8, 4) is 5.75 Å². The van der Waals surface area contributed by atoms with Gasteiger partial charge in [0.05, 0.1) is 17.7 Å². The highest BCUT2D eigenvalue weighted by molar-refractivity contribution is 6.11. The number of aromatic amines is 1. The standard InChI is InChI=1S/C21H20N2O3/c1-2-26-14-11-9-13(10-12-14)22-21(25)17-7-3-6-16-19(17)23-18-8-4-5-15(18)20(16)24/h3,6-7,9-12H,2,4-5,8H2,1H3,(H,22,25)(H,23,24). The molecule has 132 valence electrons. The minimum Gasteiger partial charge on any atom is -0.494 e. The molecule has 1 aromatic heterocycles. The summed E-state index contributed by atoms with van der Waals surface area (Å²) in [6.45, 7) is 2.52. The minimum absolute atomic E-state index is 0.0435. The number of anilines is 1. The summed E-state index contributed by atoms with van der Waals surface area (Å²) in [5.74, 6) is 0.518. The van der Waals surface area contributed by atoms with Gasteiger partial charge in [-0.2, -0.15) is 0 Å². The number of aryl methyl sites for hydroxylation is 1. The van der Waals surface area contributed by atoms with Gasteiger partial charge < -0.3 is 15.0 Å². The predicted octanol–water partition coefficient (Wildman–Crippen LogP) is 3.67. The zero-order chi connectivity index (χ0) is 18.1. The van der Waals surface area contributed by atoms with Crippen molar-refractivity contribution in [1.29, 1.82) is 0 Å². The summed E-state index contributed by atoms with van der Waals surface area (Å²) in [5.41, 5.74) is 3.64. The van der Waals surface area contributed by atoms with Gasteiger partial charge in [-0.1, -0.05) is 6.07 Å². The molecule has 3 aromatic rings. The molecule has 5 heteroatoms. The molecule has 26 heavy (non-hydrogen) atoms. The number of aromatic nitrogens is 1. The zero-order valence-electron chi connectivity index (χ0n) is 14.6. The van der Waals surface area contributed by atoms with Crippen molar-refractivity contribution < 1.29 is 9.53 Å². The van der Waals surface area contributed by atoms with Crippen LogP contribution in [0.15, 0.2) is 47.3 Å². The van der Waals surface area contributed by atoms with Gasteiger partial charge in [0.1, 0.15) is 5.75 Å². The van der Waals surface area contributed by atoms with Crippen LogP contribution in [0.3, 0.4) is 0 Å². The summed E-state index contributed by atoms with van der Waals surface area (Å²) in [7, 11) is 0. The molecule has 0 bridgehead atoms. The molecule has 0 saturated carbocycles. The van der Waals surface area contributed by atoms with Crippen molar-refractivity contribution in [2.45, 2.75) is 26.2 Å². The lowest BCUT2D eigenvalue weighted by atomic mass is 10.1. The highest BCUT2D eigenvalue weighted by Crippen LogP contribution is 2.23. The average molecular weight is 348 g/mol. The van der Waals surface area contributed by atoms with Crippen LogP contribution >= 0.6 is 0 Å². The third kappa shape index (κ3) is 2.86. The summed E-state index contributed by atoms with van der Waals surface area (Å²) < 4.78 is 5.41. The number of benzene rings is 2. The van der Waals surface area contributed by atoms with Gasteiger partial charge in [0.25, 0.3) is 5.91 Å². The van der Waals surface area contributed by atoms with Gasteiger partial charge in [-0.25, -0.2) is 0 Å². The molecule has 0 radical (unpaired) electrons. The van der Waals surface area contributed by atoms with E-state index in [1.54, 1.807) is 30.3 Å². The highest BCUT2D eigenvalue weighted by atomic mass is 16.5. The van der Waals surface area contributed by atoms with E-state index in [2.05, 4.69) is 10.3 Å². The molecule has 0 spiro atoms. The largest absolute Gasteiger partial charge is 0.494 e. The van der Waals surface area contributed by atoms with Crippen molar-refractivity contribution in [3.63, 3.8) is 0 Å². The van der Waals surface area contributed by atoms with E-state index in [9.17, 15) is 9.59 Å². The lowest BCUT2D eigenvalue weighted by Crippen LogP contribution is -2.16. The maximum Gasteiger partial charge on any atom is 0.257 e. The topological polar surface area (TPSA) is 71.2 Å². The molecular formula is C21H20N2O3. The molecule has 0 saturated heterocycles. The second-order valence-corrected chi connectivity index (χ2v) is 6.40. The number of H-pyrrole nitrogens is 1. The number of carbonyl (C=O) groups is 1. The minimum atomic E-state index is -0.242. The van der Waals surface area contributed by atoms with Gasteiger partial charge in [0, 0.05) is 22.3 Å². The zero-order valence-corrected chi connectivity index (χ0v) is 14.6. The van der Waals surface area contributed by atoms with Gasteiger partial charge in [-0.05, 0) is 62.6 Å². The van der Waals surface area contributed by atoms with Crippen LogP contribution in [0.5, 0.6) is 5.75 Å². The number of rotatable bonds is 4. The number of hydrogen-bond donors (Lipinski definition) is 2. The average Bonchev–Trinajstić information content (AvgIpc) is 3.12. The van der Waals surface area contributed by atoms with E-state index in [1.165, 1.54) is 0 Å². The Morgan fingerprint density at radius 2 is 1.96 bits per heavy atom.